The lowest BCUT2D eigenvalue weighted by Gasteiger charge is -2.28. The van der Waals surface area contributed by atoms with Crippen molar-refractivity contribution in [2.75, 3.05) is 6.61 Å². The second-order valence-corrected chi connectivity index (χ2v) is 9.84. The molecule has 3 fully saturated rings. The summed E-state index contributed by atoms with van der Waals surface area (Å²) in [6.45, 7) is 9.20. The Morgan fingerprint density at radius 1 is 0.964 bits per heavy atom. The monoisotopic (exact) mass is 414 g/mol. The van der Waals surface area contributed by atoms with E-state index in [9.17, 15) is 8.42 Å². The smallest absolute Gasteiger partial charge is 0.297 e. The van der Waals surface area contributed by atoms with Crippen LogP contribution in [0.5, 0.6) is 0 Å². The van der Waals surface area contributed by atoms with Gasteiger partial charge in [-0.2, -0.15) is 8.42 Å². The van der Waals surface area contributed by atoms with E-state index in [-0.39, 0.29) is 11.5 Å². The van der Waals surface area contributed by atoms with Gasteiger partial charge in [-0.1, -0.05) is 17.7 Å². The Labute approximate surface area is 165 Å². The van der Waals surface area contributed by atoms with Crippen LogP contribution < -0.4 is 0 Å². The third-order valence-electron chi connectivity index (χ3n) is 4.97. The van der Waals surface area contributed by atoms with Crippen LogP contribution in [-0.4, -0.2) is 57.3 Å². The second-order valence-electron chi connectivity index (χ2n) is 8.26. The number of fused-ring (bicyclic) bond motifs is 1. The molecule has 3 aliphatic heterocycles. The molecule has 1 aromatic carbocycles. The lowest BCUT2D eigenvalue weighted by Crippen LogP contribution is -2.45. The molecule has 1 unspecified atom stereocenters. The molecule has 4 rings (SSSR count). The van der Waals surface area contributed by atoms with Gasteiger partial charge >= 0.3 is 0 Å². The van der Waals surface area contributed by atoms with Gasteiger partial charge in [0.2, 0.25) is 0 Å². The molecule has 0 N–H and O–H groups in total. The number of hydrogen-bond donors (Lipinski definition) is 0. The summed E-state index contributed by atoms with van der Waals surface area (Å²) >= 11 is 0. The van der Waals surface area contributed by atoms with Crippen LogP contribution in [0.4, 0.5) is 0 Å². The van der Waals surface area contributed by atoms with E-state index >= 15 is 0 Å². The third kappa shape index (κ3) is 3.85. The quantitative estimate of drug-likeness (QED) is 0.692. The van der Waals surface area contributed by atoms with Gasteiger partial charge in [0.1, 0.15) is 24.4 Å². The van der Waals surface area contributed by atoms with Crippen molar-refractivity contribution in [3.63, 3.8) is 0 Å². The van der Waals surface area contributed by atoms with Crippen LogP contribution in [0.2, 0.25) is 0 Å². The fourth-order valence-corrected chi connectivity index (χ4v) is 4.79. The molecule has 28 heavy (non-hydrogen) atoms. The number of rotatable bonds is 4. The van der Waals surface area contributed by atoms with E-state index < -0.39 is 52.4 Å². The predicted octanol–water partition coefficient (Wildman–Crippen LogP) is 2.10. The molecule has 156 valence electrons. The lowest BCUT2D eigenvalue weighted by molar-refractivity contribution is -0.230. The van der Waals surface area contributed by atoms with Gasteiger partial charge < -0.3 is 23.7 Å². The first kappa shape index (κ1) is 20.2. The van der Waals surface area contributed by atoms with Crippen molar-refractivity contribution in [2.45, 2.75) is 81.8 Å². The maximum absolute atomic E-state index is 12.9. The summed E-state index contributed by atoms with van der Waals surface area (Å²) in [7, 11) is -4.04. The normalized spacial score (nSPS) is 36.5. The van der Waals surface area contributed by atoms with Gasteiger partial charge in [0, 0.05) is 0 Å². The van der Waals surface area contributed by atoms with Crippen LogP contribution in [0.3, 0.4) is 0 Å². The highest BCUT2D eigenvalue weighted by Gasteiger charge is 2.60. The number of hydrogen-bond acceptors (Lipinski definition) is 8. The molecule has 1 aromatic rings. The standard InChI is InChI=1S/C19H26O8S/c1-11-6-8-12(9-7-11)28(20,21)27-15-14(13-10-22-18(2,3)24-13)23-17-16(15)25-19(4,5)26-17/h6-9,13-17H,10H2,1-5H3/t13?,14-,15+,16-,17-/m1/s1. The Kier molecular flexibility index (Phi) is 4.86. The molecule has 9 heteroatoms. The minimum atomic E-state index is -4.04. The van der Waals surface area contributed by atoms with Crippen LogP contribution in [0.15, 0.2) is 29.2 Å². The van der Waals surface area contributed by atoms with E-state index in [1.165, 1.54) is 12.1 Å². The summed E-state index contributed by atoms with van der Waals surface area (Å²) in [5.74, 6) is -1.69. The average Bonchev–Trinajstić information content (AvgIpc) is 3.18. The fourth-order valence-electron chi connectivity index (χ4n) is 3.70. The van der Waals surface area contributed by atoms with Gasteiger partial charge in [0.05, 0.1) is 11.5 Å². The SMILES string of the molecule is Cc1ccc(S(=O)(=O)O[C@@H]2[C@H]3OC(C)(C)O[C@H]3O[C@@H]2C2COC(C)(C)O2)cc1. The molecule has 8 nitrogen and oxygen atoms in total. The number of aryl methyl sites for hydroxylation is 1. The van der Waals surface area contributed by atoms with Crippen molar-refractivity contribution >= 4 is 10.1 Å². The molecular formula is C19H26O8S. The average molecular weight is 414 g/mol. The first-order chi connectivity index (χ1) is 13.0. The zero-order valence-electron chi connectivity index (χ0n) is 16.6. The van der Waals surface area contributed by atoms with Crippen LogP contribution in [0.1, 0.15) is 33.3 Å². The summed E-state index contributed by atoms with van der Waals surface area (Å²) in [5.41, 5.74) is 0.953. The topological polar surface area (TPSA) is 89.5 Å². The molecule has 0 bridgehead atoms. The van der Waals surface area contributed by atoms with Crippen molar-refractivity contribution in [1.82, 2.24) is 0 Å². The molecule has 5 atom stereocenters. The summed E-state index contributed by atoms with van der Waals surface area (Å²) in [6, 6.07) is 6.47. The van der Waals surface area contributed by atoms with Crippen molar-refractivity contribution in [3.05, 3.63) is 29.8 Å². The molecule has 0 aliphatic carbocycles. The van der Waals surface area contributed by atoms with E-state index in [1.54, 1.807) is 39.8 Å². The minimum Gasteiger partial charge on any atom is -0.348 e. The van der Waals surface area contributed by atoms with Crippen LogP contribution in [-0.2, 0) is 38.0 Å². The van der Waals surface area contributed by atoms with Gasteiger partial charge in [-0.3, -0.25) is 4.18 Å². The van der Waals surface area contributed by atoms with Gasteiger partial charge in [-0.15, -0.1) is 0 Å². The maximum atomic E-state index is 12.9. The zero-order valence-corrected chi connectivity index (χ0v) is 17.4. The van der Waals surface area contributed by atoms with Crippen molar-refractivity contribution < 1.29 is 36.3 Å². The van der Waals surface area contributed by atoms with E-state index in [0.717, 1.165) is 5.56 Å². The van der Waals surface area contributed by atoms with Crippen LogP contribution >= 0.6 is 0 Å². The van der Waals surface area contributed by atoms with Crippen LogP contribution in [0, 0.1) is 6.92 Å². The summed E-state index contributed by atoms with van der Waals surface area (Å²) < 4.78 is 60.5. The molecular weight excluding hydrogens is 388 g/mol. The van der Waals surface area contributed by atoms with E-state index in [1.807, 2.05) is 6.92 Å². The highest BCUT2D eigenvalue weighted by Crippen LogP contribution is 2.42. The second kappa shape index (κ2) is 6.73. The Morgan fingerprint density at radius 3 is 2.25 bits per heavy atom. The van der Waals surface area contributed by atoms with Gasteiger partial charge in [0.25, 0.3) is 10.1 Å². The third-order valence-corrected chi connectivity index (χ3v) is 6.30. The highest BCUT2D eigenvalue weighted by atomic mass is 32.2. The largest absolute Gasteiger partial charge is 0.348 e. The summed E-state index contributed by atoms with van der Waals surface area (Å²) in [4.78, 5) is 0.0717. The first-order valence-corrected chi connectivity index (χ1v) is 10.7. The van der Waals surface area contributed by atoms with Crippen molar-refractivity contribution in [2.24, 2.45) is 0 Å². The molecule has 3 saturated heterocycles. The Hall–Kier alpha value is -1.07. The lowest BCUT2D eigenvalue weighted by atomic mass is 10.1. The van der Waals surface area contributed by atoms with E-state index in [4.69, 9.17) is 27.9 Å². The van der Waals surface area contributed by atoms with Crippen LogP contribution in [0.25, 0.3) is 0 Å². The maximum Gasteiger partial charge on any atom is 0.297 e. The van der Waals surface area contributed by atoms with Gasteiger partial charge in [0.15, 0.2) is 17.9 Å². The molecule has 3 heterocycles. The number of benzene rings is 1. The van der Waals surface area contributed by atoms with Crippen molar-refractivity contribution in [1.29, 1.82) is 0 Å². The molecule has 0 spiro atoms. The number of ether oxygens (including phenoxy) is 5. The highest BCUT2D eigenvalue weighted by molar-refractivity contribution is 7.86. The Morgan fingerprint density at radius 2 is 1.64 bits per heavy atom. The zero-order chi connectivity index (χ0) is 20.3. The first-order valence-electron chi connectivity index (χ1n) is 9.29. The molecule has 0 aromatic heterocycles. The molecule has 3 aliphatic rings. The molecule has 0 radical (unpaired) electrons. The molecule has 0 saturated carbocycles. The predicted molar refractivity (Wildman–Crippen MR) is 96.8 cm³/mol. The van der Waals surface area contributed by atoms with E-state index in [2.05, 4.69) is 0 Å². The minimum absolute atomic E-state index is 0.0717. The Balaban J connectivity index is 1.61. The van der Waals surface area contributed by atoms with Gasteiger partial charge in [-0.25, -0.2) is 0 Å². The summed E-state index contributed by atoms with van der Waals surface area (Å²) in [6.07, 6.45) is -3.60. The fraction of sp³-hybridized carbons (Fsp3) is 0.684. The Bertz CT molecular complexity index is 832. The van der Waals surface area contributed by atoms with Gasteiger partial charge in [-0.05, 0) is 46.8 Å². The van der Waals surface area contributed by atoms with Crippen molar-refractivity contribution in [3.8, 4) is 0 Å². The molecule has 0 amide bonds. The van der Waals surface area contributed by atoms with E-state index in [0.29, 0.717) is 0 Å². The summed E-state index contributed by atoms with van der Waals surface area (Å²) in [5, 5.41) is 0.